The normalized spacial score (nSPS) is 23.3. The molecule has 1 aliphatic heterocycles. The van der Waals surface area contributed by atoms with Crippen LogP contribution >= 0.6 is 0 Å². The maximum atomic E-state index is 15.1. The Kier molecular flexibility index (Phi) is 7.77. The maximum absolute atomic E-state index is 15.1. The summed E-state index contributed by atoms with van der Waals surface area (Å²) in [6, 6.07) is 10.9. The summed E-state index contributed by atoms with van der Waals surface area (Å²) >= 11 is 0. The molecule has 0 spiro atoms. The van der Waals surface area contributed by atoms with Crippen LogP contribution in [0.5, 0.6) is 0 Å². The molecule has 5 atom stereocenters. The zero-order valence-electron chi connectivity index (χ0n) is 22.8. The summed E-state index contributed by atoms with van der Waals surface area (Å²) in [5, 5.41) is 12.5. The number of ether oxygens (including phenoxy) is 1. The van der Waals surface area contributed by atoms with Crippen molar-refractivity contribution < 1.29 is 27.1 Å². The minimum absolute atomic E-state index is 0.0411. The van der Waals surface area contributed by atoms with Crippen molar-refractivity contribution in [2.45, 2.75) is 75.6 Å². The fourth-order valence-electron chi connectivity index (χ4n) is 5.65. The number of nitrogens with zero attached hydrogens (tertiary/aromatic N) is 2. The Bertz CT molecular complexity index is 1430. The van der Waals surface area contributed by atoms with E-state index < -0.39 is 45.3 Å². The first-order valence-corrected chi connectivity index (χ1v) is 14.9. The molecule has 10 heteroatoms. The molecule has 0 unspecified atom stereocenters. The fourth-order valence-corrected chi connectivity index (χ4v) is 6.32. The van der Waals surface area contributed by atoms with Crippen molar-refractivity contribution in [1.29, 1.82) is 5.26 Å². The van der Waals surface area contributed by atoms with Crippen LogP contribution < -0.4 is 5.32 Å². The molecule has 2 bridgehead atoms. The van der Waals surface area contributed by atoms with Crippen molar-refractivity contribution in [3.05, 3.63) is 53.8 Å². The van der Waals surface area contributed by atoms with Gasteiger partial charge in [-0.3, -0.25) is 9.69 Å². The van der Waals surface area contributed by atoms with Gasteiger partial charge < -0.3 is 10.1 Å². The lowest BCUT2D eigenvalue weighted by atomic mass is 9.88. The molecule has 8 nitrogen and oxygen atoms in total. The van der Waals surface area contributed by atoms with Gasteiger partial charge in [-0.25, -0.2) is 17.6 Å². The lowest BCUT2D eigenvalue weighted by molar-refractivity contribution is -0.129. The van der Waals surface area contributed by atoms with E-state index in [1.54, 1.807) is 39.0 Å². The molecule has 208 valence electrons. The van der Waals surface area contributed by atoms with Gasteiger partial charge in [0.1, 0.15) is 23.5 Å². The Morgan fingerprint density at radius 2 is 1.87 bits per heavy atom. The molecular weight excluding hydrogens is 521 g/mol. The number of benzene rings is 2. The lowest BCUT2D eigenvalue weighted by Gasteiger charge is -2.38. The zero-order chi connectivity index (χ0) is 28.7. The van der Waals surface area contributed by atoms with Crippen molar-refractivity contribution in [3.8, 4) is 17.2 Å². The third kappa shape index (κ3) is 6.25. The van der Waals surface area contributed by atoms with Crippen LogP contribution in [0.25, 0.3) is 11.1 Å². The third-order valence-corrected chi connectivity index (χ3v) is 8.55. The van der Waals surface area contributed by atoms with Gasteiger partial charge >= 0.3 is 6.09 Å². The smallest absolute Gasteiger partial charge is 0.411 e. The Hall–Kier alpha value is -3.45. The average Bonchev–Trinajstić information content (AvgIpc) is 3.40. The number of rotatable bonds is 6. The Balaban J connectivity index is 1.49. The molecular formula is C29H34FN3O5S. The van der Waals surface area contributed by atoms with Gasteiger partial charge in [0.15, 0.2) is 9.84 Å². The van der Waals surface area contributed by atoms with E-state index in [1.165, 1.54) is 29.2 Å². The van der Waals surface area contributed by atoms with E-state index in [1.807, 2.05) is 6.07 Å². The third-order valence-electron chi connectivity index (χ3n) is 7.44. The summed E-state index contributed by atoms with van der Waals surface area (Å²) in [5.41, 5.74) is 0.552. The molecule has 1 N–H and O–H groups in total. The van der Waals surface area contributed by atoms with Crippen molar-refractivity contribution in [2.75, 3.05) is 6.26 Å². The summed E-state index contributed by atoms with van der Waals surface area (Å²) in [6.07, 6.45) is 1.99. The quantitative estimate of drug-likeness (QED) is 0.562. The Morgan fingerprint density at radius 1 is 1.18 bits per heavy atom. The monoisotopic (exact) mass is 555 g/mol. The van der Waals surface area contributed by atoms with Gasteiger partial charge in [-0.1, -0.05) is 31.2 Å². The van der Waals surface area contributed by atoms with Crippen molar-refractivity contribution in [1.82, 2.24) is 10.2 Å². The summed E-state index contributed by atoms with van der Waals surface area (Å²) in [6.45, 7) is 7.36. The Labute approximate surface area is 229 Å². The van der Waals surface area contributed by atoms with E-state index >= 15 is 4.39 Å². The number of sulfone groups is 1. The molecule has 2 amide bonds. The molecule has 1 saturated carbocycles. The standard InChI is InChI=1S/C29H34FN3O5S/c1-17-11-22-15-24(17)26(33(22)28(35)38-29(2,3)4)27(34)32-21(16-31)12-20-10-9-19(14-25(20)30)18-7-6-8-23(13-18)39(5,36)37/h6-10,13-14,17,21-22,24,26H,11-12,15H2,1-5H3,(H,32,34)/t17-,21-,22+,24+,26-/m0/s1. The number of fused-ring (bicyclic) bond motifs is 2. The van der Waals surface area contributed by atoms with Crippen LogP contribution in [0, 0.1) is 29.0 Å². The number of carbonyl (C=O) groups excluding carboxylic acids is 2. The molecule has 2 aromatic rings. The van der Waals surface area contributed by atoms with Gasteiger partial charge in [0.25, 0.3) is 0 Å². The van der Waals surface area contributed by atoms with E-state index in [9.17, 15) is 23.3 Å². The van der Waals surface area contributed by atoms with Gasteiger partial charge in [0.05, 0.1) is 11.0 Å². The lowest BCUT2D eigenvalue weighted by Crippen LogP contribution is -2.56. The van der Waals surface area contributed by atoms with Crippen LogP contribution in [0.15, 0.2) is 47.4 Å². The summed E-state index contributed by atoms with van der Waals surface area (Å²) < 4.78 is 44.4. The van der Waals surface area contributed by atoms with Gasteiger partial charge in [-0.2, -0.15) is 5.26 Å². The van der Waals surface area contributed by atoms with Crippen molar-refractivity contribution >= 4 is 21.8 Å². The topological polar surface area (TPSA) is 117 Å². The van der Waals surface area contributed by atoms with Gasteiger partial charge in [0, 0.05) is 18.7 Å². The second-order valence-corrected chi connectivity index (χ2v) is 13.6. The largest absolute Gasteiger partial charge is 0.444 e. The highest BCUT2D eigenvalue weighted by Crippen LogP contribution is 2.46. The van der Waals surface area contributed by atoms with Crippen LogP contribution in [0.2, 0.25) is 0 Å². The van der Waals surface area contributed by atoms with Crippen LogP contribution in [-0.4, -0.2) is 55.3 Å². The number of carbonyl (C=O) groups is 2. The molecule has 2 aliphatic rings. The van der Waals surface area contributed by atoms with E-state index in [0.717, 1.165) is 12.7 Å². The van der Waals surface area contributed by atoms with E-state index in [-0.39, 0.29) is 34.8 Å². The predicted molar refractivity (Wildman–Crippen MR) is 144 cm³/mol. The molecule has 2 aromatic carbocycles. The van der Waals surface area contributed by atoms with E-state index in [4.69, 9.17) is 4.74 Å². The van der Waals surface area contributed by atoms with E-state index in [2.05, 4.69) is 12.2 Å². The average molecular weight is 556 g/mol. The Morgan fingerprint density at radius 3 is 2.49 bits per heavy atom. The molecule has 1 saturated heterocycles. The molecule has 1 aliphatic carbocycles. The SMILES string of the molecule is C[C@H]1C[C@@H]2C[C@H]1[C@@H](C(=O)N[C@H](C#N)Cc1ccc(-c3cccc(S(C)(=O)=O)c3)cc1F)N2C(=O)OC(C)(C)C. The van der Waals surface area contributed by atoms with E-state index in [0.29, 0.717) is 17.5 Å². The fraction of sp³-hybridized carbons (Fsp3) is 0.483. The first-order valence-electron chi connectivity index (χ1n) is 13.0. The zero-order valence-corrected chi connectivity index (χ0v) is 23.6. The van der Waals surface area contributed by atoms with Crippen molar-refractivity contribution in [2.24, 2.45) is 11.8 Å². The van der Waals surface area contributed by atoms with Gasteiger partial charge in [0.2, 0.25) is 5.91 Å². The highest BCUT2D eigenvalue weighted by molar-refractivity contribution is 7.90. The number of likely N-dealkylation sites (tertiary alicyclic amines) is 1. The molecule has 0 aromatic heterocycles. The summed E-state index contributed by atoms with van der Waals surface area (Å²) in [4.78, 5) is 28.0. The van der Waals surface area contributed by atoms with Gasteiger partial charge in [-0.05, 0) is 80.3 Å². The van der Waals surface area contributed by atoms with Gasteiger partial charge in [-0.15, -0.1) is 0 Å². The number of piperidine rings is 1. The summed E-state index contributed by atoms with van der Waals surface area (Å²) in [5.74, 6) is -0.812. The number of hydrogen-bond donors (Lipinski definition) is 1. The molecule has 39 heavy (non-hydrogen) atoms. The molecule has 0 radical (unpaired) electrons. The number of hydrogen-bond acceptors (Lipinski definition) is 6. The molecule has 2 fully saturated rings. The minimum atomic E-state index is -3.42. The molecule has 1 heterocycles. The van der Waals surface area contributed by atoms with Crippen LogP contribution in [0.3, 0.4) is 0 Å². The highest BCUT2D eigenvalue weighted by atomic mass is 32.2. The minimum Gasteiger partial charge on any atom is -0.444 e. The number of halogens is 1. The first kappa shape index (κ1) is 28.6. The summed E-state index contributed by atoms with van der Waals surface area (Å²) in [7, 11) is -3.42. The van der Waals surface area contributed by atoms with Crippen molar-refractivity contribution in [3.63, 3.8) is 0 Å². The van der Waals surface area contributed by atoms with Crippen LogP contribution in [0.1, 0.15) is 46.1 Å². The second kappa shape index (κ2) is 10.6. The van der Waals surface area contributed by atoms with Crippen LogP contribution in [0.4, 0.5) is 9.18 Å². The maximum Gasteiger partial charge on any atom is 0.411 e. The number of amides is 2. The van der Waals surface area contributed by atoms with Crippen LogP contribution in [-0.2, 0) is 25.8 Å². The number of nitriles is 1. The molecule has 4 rings (SSSR count). The predicted octanol–water partition coefficient (Wildman–Crippen LogP) is 4.48. The second-order valence-electron chi connectivity index (χ2n) is 11.6. The highest BCUT2D eigenvalue weighted by Gasteiger charge is 2.55. The first-order chi connectivity index (χ1) is 18.2. The number of nitrogens with one attached hydrogen (secondary N) is 1.